The van der Waals surface area contributed by atoms with Crippen LogP contribution in [0.5, 0.6) is 0 Å². The molecule has 1 aliphatic carbocycles. The number of nitrogens with one attached hydrogen (secondary N) is 1. The van der Waals surface area contributed by atoms with Gasteiger partial charge in [0.1, 0.15) is 5.82 Å². The number of nitrogens with zero attached hydrogens (tertiary/aromatic N) is 5. The number of carbonyl (C=O) groups is 1. The second kappa shape index (κ2) is 7.19. The summed E-state index contributed by atoms with van der Waals surface area (Å²) in [5.74, 6) is 0.776. The van der Waals surface area contributed by atoms with E-state index < -0.39 is 5.41 Å². The molecular formula is C21H23ClN6O2. The van der Waals surface area contributed by atoms with Gasteiger partial charge >= 0.3 is 0 Å². The Labute approximate surface area is 178 Å². The van der Waals surface area contributed by atoms with Gasteiger partial charge in [-0.1, -0.05) is 35.9 Å². The highest BCUT2D eigenvalue weighted by Gasteiger charge is 2.53. The number of rotatable bonds is 4. The number of amides is 1. The monoisotopic (exact) mass is 426 g/mol. The number of piperidine rings is 1. The van der Waals surface area contributed by atoms with Gasteiger partial charge in [0.15, 0.2) is 11.2 Å². The molecule has 1 aromatic carbocycles. The number of aromatic nitrogens is 5. The Balaban J connectivity index is 1.42. The van der Waals surface area contributed by atoms with Gasteiger partial charge in [-0.3, -0.25) is 9.59 Å². The number of likely N-dealkylation sites (tertiary alicyclic amines) is 1. The molecule has 1 aliphatic heterocycles. The average Bonchev–Trinajstić information content (AvgIpc) is 3.46. The minimum absolute atomic E-state index is 0.0484. The molecule has 0 bridgehead atoms. The van der Waals surface area contributed by atoms with Crippen LogP contribution in [0, 0.1) is 0 Å². The van der Waals surface area contributed by atoms with Crippen molar-refractivity contribution in [2.24, 2.45) is 0 Å². The number of halogens is 1. The summed E-state index contributed by atoms with van der Waals surface area (Å²) >= 11 is 6.03. The van der Waals surface area contributed by atoms with Crippen molar-refractivity contribution >= 4 is 28.7 Å². The van der Waals surface area contributed by atoms with Crippen LogP contribution >= 0.6 is 11.6 Å². The van der Waals surface area contributed by atoms with Gasteiger partial charge in [0, 0.05) is 24.5 Å². The van der Waals surface area contributed by atoms with Crippen LogP contribution in [0.4, 0.5) is 0 Å². The van der Waals surface area contributed by atoms with Crippen molar-refractivity contribution in [3.05, 3.63) is 51.0 Å². The van der Waals surface area contributed by atoms with Crippen LogP contribution in [-0.2, 0) is 16.6 Å². The summed E-state index contributed by atoms with van der Waals surface area (Å²) in [7, 11) is 0. The molecule has 2 aliphatic rings. The van der Waals surface area contributed by atoms with Crippen molar-refractivity contribution in [2.75, 3.05) is 13.1 Å². The van der Waals surface area contributed by atoms with E-state index in [1.165, 1.54) is 0 Å². The molecule has 1 saturated heterocycles. The zero-order chi connectivity index (χ0) is 20.9. The van der Waals surface area contributed by atoms with Crippen LogP contribution in [0.2, 0.25) is 5.02 Å². The quantitative estimate of drug-likeness (QED) is 0.691. The fourth-order valence-corrected chi connectivity index (χ4v) is 4.59. The van der Waals surface area contributed by atoms with Crippen molar-refractivity contribution in [2.45, 2.75) is 50.5 Å². The topological polar surface area (TPSA) is 96.8 Å². The molecule has 1 saturated carbocycles. The molecule has 5 rings (SSSR count). The summed E-state index contributed by atoms with van der Waals surface area (Å²) < 4.78 is 1.73. The summed E-state index contributed by atoms with van der Waals surface area (Å²) in [6.07, 6.45) is 4.08. The second-order valence-electron chi connectivity index (χ2n) is 8.21. The number of benzene rings is 1. The number of fused-ring (bicyclic) bond motifs is 1. The van der Waals surface area contributed by atoms with Gasteiger partial charge < -0.3 is 9.88 Å². The lowest BCUT2D eigenvalue weighted by Gasteiger charge is -2.35. The maximum absolute atomic E-state index is 13.5. The molecule has 3 aromatic rings. The number of hydrogen-bond acceptors (Lipinski definition) is 5. The van der Waals surface area contributed by atoms with Crippen molar-refractivity contribution < 1.29 is 4.79 Å². The first-order valence-electron chi connectivity index (χ1n) is 10.4. The van der Waals surface area contributed by atoms with Crippen LogP contribution in [0.15, 0.2) is 29.1 Å². The van der Waals surface area contributed by atoms with Crippen molar-refractivity contribution in [1.82, 2.24) is 29.9 Å². The standard InChI is InChI=1S/C21H23ClN6O2/c1-2-16-23-18-17(19(29)24-16)25-26-28(18)15-4-3-11-27(12-15)20(30)21(9-10-21)13-5-7-14(22)8-6-13/h5-8,15H,2-4,9-12H2,1H3,(H,23,24,29). The first-order chi connectivity index (χ1) is 14.5. The highest BCUT2D eigenvalue weighted by molar-refractivity contribution is 6.30. The van der Waals surface area contributed by atoms with E-state index >= 15 is 0 Å². The van der Waals surface area contributed by atoms with E-state index in [-0.39, 0.29) is 23.0 Å². The zero-order valence-corrected chi connectivity index (χ0v) is 17.5. The molecule has 1 N–H and O–H groups in total. The predicted molar refractivity (Wildman–Crippen MR) is 113 cm³/mol. The Bertz CT molecular complexity index is 1160. The van der Waals surface area contributed by atoms with Gasteiger partial charge in [-0.25, -0.2) is 9.67 Å². The normalized spacial score (nSPS) is 20.5. The average molecular weight is 427 g/mol. The van der Waals surface area contributed by atoms with Crippen molar-refractivity contribution in [3.8, 4) is 0 Å². The Morgan fingerprint density at radius 2 is 2.07 bits per heavy atom. The van der Waals surface area contributed by atoms with Gasteiger partial charge in [0.25, 0.3) is 5.56 Å². The Kier molecular flexibility index (Phi) is 4.61. The summed E-state index contributed by atoms with van der Waals surface area (Å²) in [6.45, 7) is 3.21. The second-order valence-corrected chi connectivity index (χ2v) is 8.65. The molecular weight excluding hydrogens is 404 g/mol. The van der Waals surface area contributed by atoms with Gasteiger partial charge in [0.05, 0.1) is 11.5 Å². The van der Waals surface area contributed by atoms with Gasteiger partial charge in [-0.2, -0.15) is 0 Å². The van der Waals surface area contributed by atoms with Crippen molar-refractivity contribution in [1.29, 1.82) is 0 Å². The molecule has 8 nitrogen and oxygen atoms in total. The van der Waals surface area contributed by atoms with Crippen LogP contribution in [0.25, 0.3) is 11.2 Å². The summed E-state index contributed by atoms with van der Waals surface area (Å²) in [4.78, 5) is 35.0. The van der Waals surface area contributed by atoms with E-state index in [1.807, 2.05) is 36.1 Å². The highest BCUT2D eigenvalue weighted by atomic mass is 35.5. The summed E-state index contributed by atoms with van der Waals surface area (Å²) in [6, 6.07) is 7.57. The van der Waals surface area contributed by atoms with E-state index in [0.29, 0.717) is 29.5 Å². The fourth-order valence-electron chi connectivity index (χ4n) is 4.46. The minimum atomic E-state index is -0.429. The number of hydrogen-bond donors (Lipinski definition) is 1. The van der Waals surface area contributed by atoms with Crippen molar-refractivity contribution in [3.63, 3.8) is 0 Å². The molecule has 1 unspecified atom stereocenters. The molecule has 156 valence electrons. The van der Waals surface area contributed by atoms with Gasteiger partial charge in [-0.05, 0) is 43.4 Å². The predicted octanol–water partition coefficient (Wildman–Crippen LogP) is 2.63. The highest BCUT2D eigenvalue weighted by Crippen LogP contribution is 2.50. The molecule has 1 amide bonds. The van der Waals surface area contributed by atoms with E-state index in [4.69, 9.17) is 11.6 Å². The van der Waals surface area contributed by atoms with Crippen LogP contribution in [0.1, 0.15) is 50.0 Å². The van der Waals surface area contributed by atoms with Crippen LogP contribution in [-0.4, -0.2) is 48.9 Å². The first-order valence-corrected chi connectivity index (χ1v) is 10.8. The summed E-state index contributed by atoms with van der Waals surface area (Å²) in [5.41, 5.74) is 1.07. The SMILES string of the molecule is CCc1nc2c(nnn2C2CCCN(C(=O)C3(c4ccc(Cl)cc4)CC3)C2)c(=O)[nH]1. The molecule has 2 aromatic heterocycles. The van der Waals surface area contributed by atoms with Gasteiger partial charge in [-0.15, -0.1) is 5.10 Å². The Hall–Kier alpha value is -2.74. The Morgan fingerprint density at radius 1 is 1.30 bits per heavy atom. The summed E-state index contributed by atoms with van der Waals surface area (Å²) in [5, 5.41) is 8.95. The molecule has 0 radical (unpaired) electrons. The molecule has 9 heteroatoms. The van der Waals surface area contributed by atoms with E-state index in [2.05, 4.69) is 20.3 Å². The smallest absolute Gasteiger partial charge is 0.281 e. The number of aromatic amines is 1. The fraction of sp³-hybridized carbons (Fsp3) is 0.476. The maximum Gasteiger partial charge on any atom is 0.281 e. The van der Waals surface area contributed by atoms with E-state index in [9.17, 15) is 9.59 Å². The first kappa shape index (κ1) is 19.2. The number of H-pyrrole nitrogens is 1. The zero-order valence-electron chi connectivity index (χ0n) is 16.8. The number of aryl methyl sites for hydroxylation is 1. The van der Waals surface area contributed by atoms with E-state index in [1.54, 1.807) is 4.68 Å². The third-order valence-corrected chi connectivity index (χ3v) is 6.56. The molecule has 2 fully saturated rings. The third kappa shape index (κ3) is 3.10. The van der Waals surface area contributed by atoms with E-state index in [0.717, 1.165) is 37.8 Å². The molecule has 3 heterocycles. The maximum atomic E-state index is 13.5. The lowest BCUT2D eigenvalue weighted by atomic mass is 9.93. The van der Waals surface area contributed by atoms with Crippen LogP contribution < -0.4 is 5.56 Å². The number of carbonyl (C=O) groups excluding carboxylic acids is 1. The van der Waals surface area contributed by atoms with Gasteiger partial charge in [0.2, 0.25) is 5.91 Å². The molecule has 1 atom stereocenters. The lowest BCUT2D eigenvalue weighted by molar-refractivity contribution is -0.135. The third-order valence-electron chi connectivity index (χ3n) is 6.30. The Morgan fingerprint density at radius 3 is 2.77 bits per heavy atom. The lowest BCUT2D eigenvalue weighted by Crippen LogP contribution is -2.45. The largest absolute Gasteiger partial charge is 0.340 e. The van der Waals surface area contributed by atoms with Crippen LogP contribution in [0.3, 0.4) is 0 Å². The minimum Gasteiger partial charge on any atom is -0.340 e. The molecule has 0 spiro atoms. The molecule has 30 heavy (non-hydrogen) atoms.